The van der Waals surface area contributed by atoms with Crippen molar-refractivity contribution in [1.29, 1.82) is 0 Å². The van der Waals surface area contributed by atoms with Gasteiger partial charge in [-0.2, -0.15) is 4.89 Å². The molecule has 0 saturated carbocycles. The second-order valence-electron chi connectivity index (χ2n) is 10.3. The first-order chi connectivity index (χ1) is 21.6. The molecule has 0 radical (unpaired) electrons. The van der Waals surface area contributed by atoms with Gasteiger partial charge >= 0.3 is 11.9 Å². The monoisotopic (exact) mass is 640 g/mol. The number of nitrogens with zero attached hydrogens (tertiary/aromatic N) is 2. The van der Waals surface area contributed by atoms with Crippen LogP contribution >= 0.6 is 11.8 Å². The number of likely N-dealkylation sites (N-methyl/N-ethyl adjacent to an activating group) is 2. The van der Waals surface area contributed by atoms with Crippen molar-refractivity contribution in [3.05, 3.63) is 71.8 Å². The molecule has 240 valence electrons. The molecule has 0 spiro atoms. The molecule has 2 aliphatic rings. The number of methoxy groups -OCH3 is 2. The van der Waals surface area contributed by atoms with Gasteiger partial charge in [-0.3, -0.25) is 4.79 Å². The number of thioether (sulfide) groups is 1. The lowest BCUT2D eigenvalue weighted by atomic mass is 9.90. The van der Waals surface area contributed by atoms with Crippen LogP contribution < -0.4 is 24.0 Å². The lowest BCUT2D eigenvalue weighted by Crippen LogP contribution is -2.46. The zero-order valence-corrected chi connectivity index (χ0v) is 26.3. The summed E-state index contributed by atoms with van der Waals surface area (Å²) in [6, 6.07) is 19.6. The Morgan fingerprint density at radius 1 is 1.00 bits per heavy atom. The van der Waals surface area contributed by atoms with E-state index in [1.807, 2.05) is 61.6 Å². The molecule has 5 rings (SSSR count). The lowest BCUT2D eigenvalue weighted by Gasteiger charge is -2.41. The highest BCUT2D eigenvalue weighted by Gasteiger charge is 2.47. The number of benzene rings is 3. The Morgan fingerprint density at radius 2 is 1.73 bits per heavy atom. The fourth-order valence-corrected chi connectivity index (χ4v) is 6.56. The summed E-state index contributed by atoms with van der Waals surface area (Å²) in [4.78, 5) is 47.5. The van der Waals surface area contributed by atoms with E-state index in [0.717, 1.165) is 47.0 Å². The third kappa shape index (κ3) is 7.80. The highest BCUT2D eigenvalue weighted by Crippen LogP contribution is 2.53. The van der Waals surface area contributed by atoms with Gasteiger partial charge in [0.05, 0.1) is 19.9 Å². The van der Waals surface area contributed by atoms with Gasteiger partial charge in [-0.25, -0.2) is 9.59 Å². The maximum Gasteiger partial charge on any atom is 0.414 e. The van der Waals surface area contributed by atoms with Gasteiger partial charge < -0.3 is 39.1 Å². The number of para-hydroxylation sites is 1. The van der Waals surface area contributed by atoms with Crippen LogP contribution in [-0.2, 0) is 30.6 Å². The van der Waals surface area contributed by atoms with Crippen molar-refractivity contribution in [2.45, 2.75) is 29.1 Å². The van der Waals surface area contributed by atoms with Gasteiger partial charge in [0.1, 0.15) is 23.7 Å². The molecule has 0 bridgehead atoms. The highest BCUT2D eigenvalue weighted by atomic mass is 32.2. The van der Waals surface area contributed by atoms with Crippen molar-refractivity contribution < 1.29 is 48.6 Å². The SMILES string of the molecule is COc1ccc(C2(CCCN(C)CCOc3ccc4c(c3)OOC4)Sc3ccccc3N(C)C2=O)cc1OC.O=C(O)C(=O)O. The normalized spacial score (nSPS) is 16.6. The number of carbonyl (C=O) groups excluding carboxylic acids is 1. The van der Waals surface area contributed by atoms with Crippen LogP contribution in [0.1, 0.15) is 24.0 Å². The number of aliphatic carboxylic acids is 2. The topological polar surface area (TPSA) is 144 Å². The third-order valence-corrected chi connectivity index (χ3v) is 8.93. The van der Waals surface area contributed by atoms with E-state index >= 15 is 0 Å². The number of carboxylic acids is 2. The van der Waals surface area contributed by atoms with E-state index in [4.69, 9.17) is 43.8 Å². The predicted octanol–water partition coefficient (Wildman–Crippen LogP) is 4.44. The Balaban J connectivity index is 0.000000700. The van der Waals surface area contributed by atoms with Crippen molar-refractivity contribution in [2.75, 3.05) is 52.9 Å². The second-order valence-corrected chi connectivity index (χ2v) is 11.7. The molecule has 0 saturated heterocycles. The maximum absolute atomic E-state index is 14.0. The third-order valence-electron chi connectivity index (χ3n) is 7.41. The average Bonchev–Trinajstić information content (AvgIpc) is 3.51. The van der Waals surface area contributed by atoms with Crippen LogP contribution in [0.5, 0.6) is 23.0 Å². The van der Waals surface area contributed by atoms with Crippen LogP contribution in [0.2, 0.25) is 0 Å². The molecule has 1 atom stereocenters. The van der Waals surface area contributed by atoms with E-state index in [0.29, 0.717) is 36.9 Å². The van der Waals surface area contributed by atoms with E-state index in [1.54, 1.807) is 30.9 Å². The number of rotatable bonds is 11. The van der Waals surface area contributed by atoms with Crippen molar-refractivity contribution in [3.8, 4) is 23.0 Å². The molecule has 3 aromatic rings. The Morgan fingerprint density at radius 3 is 2.44 bits per heavy atom. The molecule has 2 N–H and O–H groups in total. The number of hydrogen-bond donors (Lipinski definition) is 2. The van der Waals surface area contributed by atoms with Crippen LogP contribution in [0.4, 0.5) is 5.69 Å². The van der Waals surface area contributed by atoms with E-state index in [-0.39, 0.29) is 5.91 Å². The van der Waals surface area contributed by atoms with E-state index in [1.165, 1.54) is 0 Å². The minimum atomic E-state index is -1.82. The summed E-state index contributed by atoms with van der Waals surface area (Å²) in [5, 5.41) is 14.8. The van der Waals surface area contributed by atoms with Crippen molar-refractivity contribution in [1.82, 2.24) is 4.90 Å². The standard InChI is InChI=1S/C30H34N2O6S.C2H2O4/c1-31(16-17-36-23-12-10-21-20-37-38-26(21)19-23)15-7-14-30(22-11-13-25(34-3)27(18-22)35-4)29(33)32(2)24-8-5-6-9-28(24)39-30;3-1(4)2(5)6/h5-6,8-13,18-19H,7,14-17,20H2,1-4H3;(H,3,4)(H,5,6). The van der Waals surface area contributed by atoms with Gasteiger partial charge in [-0.1, -0.05) is 18.2 Å². The van der Waals surface area contributed by atoms with Gasteiger partial charge in [0.2, 0.25) is 5.91 Å². The number of ether oxygens (including phenoxy) is 3. The van der Waals surface area contributed by atoms with Gasteiger partial charge in [0.25, 0.3) is 0 Å². The smallest absolute Gasteiger partial charge is 0.414 e. The zero-order valence-electron chi connectivity index (χ0n) is 25.5. The zero-order chi connectivity index (χ0) is 32.6. The summed E-state index contributed by atoms with van der Waals surface area (Å²) in [6.45, 7) is 2.58. The summed E-state index contributed by atoms with van der Waals surface area (Å²) in [7, 11) is 7.16. The predicted molar refractivity (Wildman–Crippen MR) is 166 cm³/mol. The number of hydrogen-bond acceptors (Lipinski definition) is 10. The molecule has 45 heavy (non-hydrogen) atoms. The lowest BCUT2D eigenvalue weighted by molar-refractivity contribution is -0.194. The highest BCUT2D eigenvalue weighted by molar-refractivity contribution is 8.01. The summed E-state index contributed by atoms with van der Waals surface area (Å²) in [5.41, 5.74) is 2.86. The van der Waals surface area contributed by atoms with Crippen LogP contribution in [0.25, 0.3) is 0 Å². The molecule has 2 heterocycles. The van der Waals surface area contributed by atoms with Crippen molar-refractivity contribution >= 4 is 35.3 Å². The Kier molecular flexibility index (Phi) is 11.2. The van der Waals surface area contributed by atoms with Gasteiger partial charge in [0, 0.05) is 30.1 Å². The molecule has 2 aliphatic heterocycles. The van der Waals surface area contributed by atoms with Gasteiger partial charge in [0.15, 0.2) is 17.2 Å². The molecule has 0 aromatic heterocycles. The Hall–Kier alpha value is -4.46. The fraction of sp³-hybridized carbons (Fsp3) is 0.344. The largest absolute Gasteiger partial charge is 0.493 e. The molecule has 1 amide bonds. The second kappa shape index (κ2) is 15.0. The first-order valence-electron chi connectivity index (χ1n) is 14.1. The average molecular weight is 641 g/mol. The number of carbonyl (C=O) groups is 3. The number of anilines is 1. The summed E-state index contributed by atoms with van der Waals surface area (Å²) < 4.78 is 16.2. The Bertz CT molecular complexity index is 1520. The molecular formula is C32H36N2O10S. The molecule has 3 aromatic carbocycles. The maximum atomic E-state index is 14.0. The van der Waals surface area contributed by atoms with Gasteiger partial charge in [-0.15, -0.1) is 11.8 Å². The molecule has 1 unspecified atom stereocenters. The van der Waals surface area contributed by atoms with Crippen molar-refractivity contribution in [3.63, 3.8) is 0 Å². The summed E-state index contributed by atoms with van der Waals surface area (Å²) in [6.07, 6.45) is 1.49. The minimum absolute atomic E-state index is 0.0622. The first-order valence-corrected chi connectivity index (χ1v) is 14.9. The van der Waals surface area contributed by atoms with E-state index in [2.05, 4.69) is 18.0 Å². The molecule has 13 heteroatoms. The Labute approximate surface area is 265 Å². The van der Waals surface area contributed by atoms with Crippen molar-refractivity contribution in [2.24, 2.45) is 0 Å². The van der Waals surface area contributed by atoms with E-state index in [9.17, 15) is 4.79 Å². The molecule has 0 aliphatic carbocycles. The van der Waals surface area contributed by atoms with Crippen LogP contribution in [0.15, 0.2) is 65.6 Å². The van der Waals surface area contributed by atoms with Crippen LogP contribution in [0, 0.1) is 0 Å². The number of carboxylic acid groups (broad SMARTS) is 2. The summed E-state index contributed by atoms with van der Waals surface area (Å²) >= 11 is 1.63. The quantitative estimate of drug-likeness (QED) is 0.226. The molecule has 0 fully saturated rings. The van der Waals surface area contributed by atoms with Crippen LogP contribution in [0.3, 0.4) is 0 Å². The molecular weight excluding hydrogens is 604 g/mol. The first kappa shape index (κ1) is 33.4. The number of amides is 1. The minimum Gasteiger partial charge on any atom is -0.493 e. The van der Waals surface area contributed by atoms with Gasteiger partial charge in [-0.05, 0) is 68.4 Å². The number of fused-ring (bicyclic) bond motifs is 2. The molecule has 12 nitrogen and oxygen atoms in total. The van der Waals surface area contributed by atoms with E-state index < -0.39 is 16.7 Å². The van der Waals surface area contributed by atoms with Crippen LogP contribution in [-0.4, -0.2) is 81.0 Å². The summed E-state index contributed by atoms with van der Waals surface area (Å²) in [5.74, 6) is -0.867. The fourth-order valence-electron chi connectivity index (χ4n) is 5.01.